The van der Waals surface area contributed by atoms with Crippen molar-refractivity contribution >= 4 is 83.2 Å². The monoisotopic (exact) mass is 1690 g/mol. The zero-order valence-corrected chi connectivity index (χ0v) is 74.3. The molecule has 3 aromatic rings. The standard InChI is InChI=1S/C83H131N13O24/c1-47(115-78(9,10)11)63(93-61(99)42-84-65(101)53(36-37-60(98)95-120-83(24,25)26)86-69(105)58(44-113-76(3,4)5)90-66(102)55(92-74(111)118-81(18,19)20)40-51-43-96(46-85-51)75(112)119-82(21,22)23)71(107)88-54(38-49-30-28-27-29-31-49)68(104)94-64(48(2)116-79(12,13)14)72(108)91-59(45-114-77(6,7)8)70(106)87-56(41-62(100)117-80(15,16)17)67(103)89-57(73(109)110)39-50-32-34-52(97)35-33-50/h27-35,43,46-48,53-59,63-64,97H,36-42,44-45H2,1-26H3,(H,84,101)(H,86,105)(H,87,106)(H,88,107)(H,89,103)(H,90,102)(H,91,108)(H,92,111)(H,93,99)(H,94,104)(H,95,98)(H,109,110)/t47-,48-,53+,54+,55+,56+,57+,58-,59+,63+,64+/m1/s1. The average molecular weight is 1700 g/mol. The smallest absolute Gasteiger partial charge is 0.419 e. The molecule has 0 bridgehead atoms. The fourth-order valence-electron chi connectivity index (χ4n) is 10.9. The van der Waals surface area contributed by atoms with Gasteiger partial charge in [-0.2, -0.15) is 0 Å². The lowest BCUT2D eigenvalue weighted by atomic mass is 10.0. The highest BCUT2D eigenvalue weighted by atomic mass is 16.7. The van der Waals surface area contributed by atoms with E-state index in [1.165, 1.54) is 44.3 Å². The number of nitrogens with one attached hydrogen (secondary N) is 11. The maximum Gasteiger partial charge on any atom is 0.419 e. The van der Waals surface area contributed by atoms with Crippen LogP contribution in [0.3, 0.4) is 0 Å². The third kappa shape index (κ3) is 42.5. The van der Waals surface area contributed by atoms with Crippen LogP contribution in [0.15, 0.2) is 67.1 Å². The number of hydroxylamine groups is 1. The van der Waals surface area contributed by atoms with Gasteiger partial charge in [0, 0.05) is 31.9 Å². The molecule has 120 heavy (non-hydrogen) atoms. The molecule has 0 saturated heterocycles. The van der Waals surface area contributed by atoms with E-state index in [9.17, 15) is 63.0 Å². The molecule has 0 unspecified atom stereocenters. The number of carboxylic acid groups (broad SMARTS) is 1. The third-order valence-corrected chi connectivity index (χ3v) is 16.0. The van der Waals surface area contributed by atoms with Crippen molar-refractivity contribution in [1.82, 2.24) is 68.2 Å². The summed E-state index contributed by atoms with van der Waals surface area (Å²) in [6.45, 7) is 40.2. The Balaban J connectivity index is 2.13. The Kier molecular flexibility index (Phi) is 38.7. The Morgan fingerprint density at radius 2 is 0.842 bits per heavy atom. The minimum absolute atomic E-state index is 0.105. The number of aromatic hydroxyl groups is 1. The summed E-state index contributed by atoms with van der Waals surface area (Å²) in [7, 11) is 0. The molecule has 0 spiro atoms. The van der Waals surface area contributed by atoms with E-state index in [-0.39, 0.29) is 30.7 Å². The SMILES string of the molecule is C[C@@H](OC(C)(C)C)[C@H](NC(=O)CNC(=O)[C@H](CCC(=O)NOC(C)(C)C)NC(=O)[C@@H](COC(C)(C)C)NC(=O)[C@H](Cc1cn(C(=O)OC(C)(C)C)cn1)NC(=O)OC(C)(C)C)C(=O)N[C@@H](Cc1ccccc1)C(=O)N[C@H](C(=O)N[C@@H](COC(C)(C)C)C(=O)N[C@@H](CC(=O)OC(C)(C)C)C(=O)N[C@@H](Cc1ccc(O)cc1)C(=O)O)[C@@H](C)OC(C)(C)C. The molecule has 1 aromatic heterocycles. The molecule has 11 atom stereocenters. The molecule has 3 rings (SSSR count). The Labute approximate surface area is 703 Å². The summed E-state index contributed by atoms with van der Waals surface area (Å²) in [5.41, 5.74) is -4.60. The summed E-state index contributed by atoms with van der Waals surface area (Å²) in [6, 6.07) is -1.40. The number of carbonyl (C=O) groups is 14. The maximum absolute atomic E-state index is 15.3. The van der Waals surface area contributed by atoms with Gasteiger partial charge >= 0.3 is 24.1 Å². The molecule has 13 N–H and O–H groups in total. The first-order valence-electron chi connectivity index (χ1n) is 39.6. The molecule has 672 valence electrons. The summed E-state index contributed by atoms with van der Waals surface area (Å²) >= 11 is 0. The minimum Gasteiger partial charge on any atom is -0.508 e. The lowest BCUT2D eigenvalue weighted by Crippen LogP contribution is -2.64. The van der Waals surface area contributed by atoms with Gasteiger partial charge in [-0.1, -0.05) is 42.5 Å². The van der Waals surface area contributed by atoms with Crippen LogP contribution >= 0.6 is 0 Å². The molecule has 0 aliphatic rings. The van der Waals surface area contributed by atoms with Crippen molar-refractivity contribution < 1.29 is 115 Å². The van der Waals surface area contributed by atoms with Crippen molar-refractivity contribution in [1.29, 1.82) is 0 Å². The van der Waals surface area contributed by atoms with Crippen LogP contribution in [0, 0.1) is 0 Å². The number of alkyl carbamates (subject to hydrolysis) is 1. The molecular weight excluding hydrogens is 1560 g/mol. The number of phenols is 1. The van der Waals surface area contributed by atoms with E-state index < -0.39 is 234 Å². The van der Waals surface area contributed by atoms with E-state index in [1.54, 1.807) is 197 Å². The predicted molar refractivity (Wildman–Crippen MR) is 439 cm³/mol. The van der Waals surface area contributed by atoms with E-state index >= 15 is 14.4 Å². The van der Waals surface area contributed by atoms with Crippen LogP contribution in [0.1, 0.15) is 216 Å². The second-order valence-corrected chi connectivity index (χ2v) is 37.0. The van der Waals surface area contributed by atoms with Crippen LogP contribution in [0.2, 0.25) is 0 Å². The number of benzene rings is 2. The second-order valence-electron chi connectivity index (χ2n) is 37.0. The predicted octanol–water partition coefficient (Wildman–Crippen LogP) is 4.77. The number of phenolic OH excluding ortho intramolecular Hbond substituents is 1. The van der Waals surface area contributed by atoms with Crippen LogP contribution in [0.4, 0.5) is 9.59 Å². The van der Waals surface area contributed by atoms with Crippen LogP contribution in [0.25, 0.3) is 0 Å². The van der Waals surface area contributed by atoms with Crippen molar-refractivity contribution in [3.8, 4) is 5.75 Å². The quantitative estimate of drug-likeness (QED) is 0.0207. The van der Waals surface area contributed by atoms with Crippen molar-refractivity contribution in [2.24, 2.45) is 0 Å². The summed E-state index contributed by atoms with van der Waals surface area (Å²) in [5, 5.41) is 45.6. The van der Waals surface area contributed by atoms with Gasteiger partial charge in [0.25, 0.3) is 0 Å². The van der Waals surface area contributed by atoms with Gasteiger partial charge < -0.3 is 96.5 Å². The first-order valence-corrected chi connectivity index (χ1v) is 39.6. The Morgan fingerprint density at radius 3 is 1.32 bits per heavy atom. The number of hydrogen-bond donors (Lipinski definition) is 13. The molecule has 0 saturated carbocycles. The number of hydrogen-bond acceptors (Lipinski definition) is 24. The third-order valence-electron chi connectivity index (χ3n) is 16.0. The topological polar surface area (TPSA) is 503 Å². The maximum atomic E-state index is 15.3. The lowest BCUT2D eigenvalue weighted by molar-refractivity contribution is -0.157. The number of rotatable bonds is 40. The van der Waals surface area contributed by atoms with Crippen molar-refractivity contribution in [3.63, 3.8) is 0 Å². The average Bonchev–Trinajstić information content (AvgIpc) is 0.886. The lowest BCUT2D eigenvalue weighted by Gasteiger charge is -2.34. The molecule has 11 amide bonds. The molecule has 2 aromatic carbocycles. The number of aliphatic carboxylic acids is 1. The van der Waals surface area contributed by atoms with E-state index in [0.29, 0.717) is 11.1 Å². The van der Waals surface area contributed by atoms with Crippen LogP contribution in [-0.2, 0) is 115 Å². The number of aromatic nitrogens is 2. The van der Waals surface area contributed by atoms with Gasteiger partial charge in [-0.25, -0.2) is 29.4 Å². The Morgan fingerprint density at radius 1 is 0.417 bits per heavy atom. The highest BCUT2D eigenvalue weighted by molar-refractivity contribution is 5.99. The minimum atomic E-state index is -1.85. The van der Waals surface area contributed by atoms with Crippen LogP contribution in [0.5, 0.6) is 5.75 Å². The zero-order valence-electron chi connectivity index (χ0n) is 74.3. The zero-order chi connectivity index (χ0) is 91.6. The summed E-state index contributed by atoms with van der Waals surface area (Å²) in [5.74, 6) is -12.8. The van der Waals surface area contributed by atoms with Gasteiger partial charge in [0.05, 0.1) is 72.1 Å². The van der Waals surface area contributed by atoms with Gasteiger partial charge in [-0.3, -0.25) is 57.6 Å². The Bertz CT molecular complexity index is 3970. The summed E-state index contributed by atoms with van der Waals surface area (Å²) in [6.07, 6.45) is -4.65. The molecular formula is C83H131N13O24. The molecule has 37 nitrogen and oxygen atoms in total. The number of carbonyl (C=O) groups excluding carboxylic acids is 13. The summed E-state index contributed by atoms with van der Waals surface area (Å²) < 4.78 is 42.0. The van der Waals surface area contributed by atoms with E-state index in [4.69, 9.17) is 38.0 Å². The highest BCUT2D eigenvalue weighted by Gasteiger charge is 2.41. The molecule has 37 heteroatoms. The van der Waals surface area contributed by atoms with Gasteiger partial charge in [0.2, 0.25) is 59.1 Å². The van der Waals surface area contributed by atoms with Crippen molar-refractivity contribution in [2.75, 3.05) is 19.8 Å². The van der Waals surface area contributed by atoms with Crippen LogP contribution in [-0.4, -0.2) is 234 Å². The van der Waals surface area contributed by atoms with Gasteiger partial charge in [0.1, 0.15) is 83.3 Å². The number of imidazole rings is 1. The number of ether oxygens (including phenoxy) is 7. The van der Waals surface area contributed by atoms with Crippen molar-refractivity contribution in [3.05, 3.63) is 83.9 Å². The highest BCUT2D eigenvalue weighted by Crippen LogP contribution is 2.21. The molecule has 0 radical (unpaired) electrons. The number of nitrogens with zero attached hydrogens (tertiary/aromatic N) is 2. The van der Waals surface area contributed by atoms with Gasteiger partial charge in [-0.15, -0.1) is 0 Å². The number of amides is 11. The normalized spacial score (nSPS) is 15.1. The molecule has 0 aliphatic heterocycles. The van der Waals surface area contributed by atoms with Crippen molar-refractivity contribution in [2.45, 2.75) is 330 Å². The largest absolute Gasteiger partial charge is 0.508 e. The first kappa shape index (κ1) is 104. The molecule has 0 fully saturated rings. The van der Waals surface area contributed by atoms with Gasteiger partial charge in [-0.05, 0) is 210 Å². The molecule has 0 aliphatic carbocycles. The number of esters is 1. The van der Waals surface area contributed by atoms with E-state index in [0.717, 1.165) is 10.9 Å². The van der Waals surface area contributed by atoms with Crippen LogP contribution < -0.4 is 58.6 Å². The Hall–Kier alpha value is -10.4. The first-order chi connectivity index (χ1) is 54.8. The fraction of sp³-hybridized carbons (Fsp3) is 0.651. The van der Waals surface area contributed by atoms with E-state index in [2.05, 4.69) is 63.6 Å². The van der Waals surface area contributed by atoms with E-state index in [1.807, 2.05) is 0 Å². The van der Waals surface area contributed by atoms with Gasteiger partial charge in [0.15, 0.2) is 0 Å². The molecule has 1 heterocycles. The summed E-state index contributed by atoms with van der Waals surface area (Å²) in [4.78, 5) is 208. The second kappa shape index (κ2) is 44.8. The fourth-order valence-corrected chi connectivity index (χ4v) is 10.9. The number of carboxylic acids is 1.